The second-order valence-corrected chi connectivity index (χ2v) is 7.57. The van der Waals surface area contributed by atoms with Crippen molar-refractivity contribution in [1.82, 2.24) is 15.0 Å². The molecule has 8 nitrogen and oxygen atoms in total. The predicted molar refractivity (Wildman–Crippen MR) is 109 cm³/mol. The summed E-state index contributed by atoms with van der Waals surface area (Å²) in [4.78, 5) is 21.5. The van der Waals surface area contributed by atoms with Crippen molar-refractivity contribution < 1.29 is 18.8 Å². The summed E-state index contributed by atoms with van der Waals surface area (Å²) < 4.78 is 16.9. The second-order valence-electron chi connectivity index (χ2n) is 6.59. The van der Waals surface area contributed by atoms with Gasteiger partial charge in [0, 0.05) is 12.6 Å². The maximum Gasteiger partial charge on any atom is 0.298 e. The number of aryl methyl sites for hydroxylation is 1. The summed E-state index contributed by atoms with van der Waals surface area (Å²) >= 11 is 1.39. The molecule has 9 heteroatoms. The monoisotopic (exact) mass is 404 g/mol. The summed E-state index contributed by atoms with van der Waals surface area (Å²) in [6.07, 6.45) is 0.788. The third kappa shape index (κ3) is 4.10. The number of nitrogens with zero attached hydrogens (tertiary/aromatic N) is 4. The van der Waals surface area contributed by atoms with E-state index in [1.165, 1.54) is 11.3 Å². The van der Waals surface area contributed by atoms with E-state index in [-0.39, 0.29) is 11.7 Å². The Morgan fingerprint density at radius 2 is 1.89 bits per heavy atom. The van der Waals surface area contributed by atoms with Crippen molar-refractivity contribution in [3.63, 3.8) is 0 Å². The topological polar surface area (TPSA) is 80.9 Å². The van der Waals surface area contributed by atoms with E-state index in [1.807, 2.05) is 26.2 Å². The van der Waals surface area contributed by atoms with Crippen LogP contribution in [0.3, 0.4) is 0 Å². The van der Waals surface area contributed by atoms with Gasteiger partial charge in [-0.1, -0.05) is 16.5 Å². The zero-order valence-electron chi connectivity index (χ0n) is 16.7. The van der Waals surface area contributed by atoms with E-state index in [2.05, 4.69) is 15.0 Å². The van der Waals surface area contributed by atoms with E-state index < -0.39 is 0 Å². The Morgan fingerprint density at radius 3 is 2.50 bits per heavy atom. The molecule has 3 rings (SSSR count). The Balaban J connectivity index is 2.02. The van der Waals surface area contributed by atoms with Crippen LogP contribution in [0.15, 0.2) is 22.7 Å². The molecule has 0 fully saturated rings. The number of thiazole rings is 1. The highest BCUT2D eigenvalue weighted by atomic mass is 32.1. The molecule has 0 aliphatic rings. The van der Waals surface area contributed by atoms with Gasteiger partial charge in [0.05, 0.1) is 19.9 Å². The summed E-state index contributed by atoms with van der Waals surface area (Å²) in [5.41, 5.74) is 1.32. The van der Waals surface area contributed by atoms with Crippen molar-refractivity contribution in [3.8, 4) is 11.5 Å². The minimum Gasteiger partial charge on any atom is -0.495 e. The molecular weight excluding hydrogens is 380 g/mol. The van der Waals surface area contributed by atoms with E-state index >= 15 is 0 Å². The number of hydrogen-bond acceptors (Lipinski definition) is 8. The standard InChI is InChI=1S/C19H24N4O4S/c1-12-11-15(27-21-12)18(24)23(10-6-9-22(2)3)19-20-16-13(25-4)7-8-14(26-5)17(16)28-19/h7-8,11H,6,9-10H2,1-5H3. The van der Waals surface area contributed by atoms with E-state index in [0.717, 1.165) is 17.7 Å². The number of methoxy groups -OCH3 is 2. The Bertz CT molecular complexity index is 925. The molecule has 0 aliphatic heterocycles. The van der Waals surface area contributed by atoms with Gasteiger partial charge in [-0.05, 0) is 46.1 Å². The number of carbonyl (C=O) groups excluding carboxylic acids is 1. The molecular formula is C19H24N4O4S. The second kappa shape index (κ2) is 8.57. The van der Waals surface area contributed by atoms with Crippen LogP contribution in [0.4, 0.5) is 5.13 Å². The number of rotatable bonds is 8. The van der Waals surface area contributed by atoms with E-state index in [1.54, 1.807) is 32.1 Å². The predicted octanol–water partition coefficient (Wildman–Crippen LogP) is 3.21. The maximum absolute atomic E-state index is 13.1. The highest BCUT2D eigenvalue weighted by Crippen LogP contribution is 2.40. The third-order valence-corrected chi connectivity index (χ3v) is 5.29. The van der Waals surface area contributed by atoms with Gasteiger partial charge in [0.15, 0.2) is 5.13 Å². The van der Waals surface area contributed by atoms with Crippen molar-refractivity contribution in [1.29, 1.82) is 0 Å². The van der Waals surface area contributed by atoms with Crippen LogP contribution in [0.2, 0.25) is 0 Å². The van der Waals surface area contributed by atoms with E-state index in [4.69, 9.17) is 14.0 Å². The lowest BCUT2D eigenvalue weighted by atomic mass is 10.3. The number of anilines is 1. The van der Waals surface area contributed by atoms with Crippen LogP contribution in [0.5, 0.6) is 11.5 Å². The normalized spacial score (nSPS) is 11.2. The average molecular weight is 404 g/mol. The van der Waals surface area contributed by atoms with Gasteiger partial charge in [-0.3, -0.25) is 9.69 Å². The molecule has 0 aliphatic carbocycles. The first-order chi connectivity index (χ1) is 13.4. The number of benzene rings is 1. The molecule has 0 radical (unpaired) electrons. The molecule has 0 atom stereocenters. The highest BCUT2D eigenvalue weighted by molar-refractivity contribution is 7.22. The molecule has 0 N–H and O–H groups in total. The smallest absolute Gasteiger partial charge is 0.298 e. The Morgan fingerprint density at radius 1 is 1.18 bits per heavy atom. The molecule has 1 aromatic carbocycles. The molecule has 1 amide bonds. The van der Waals surface area contributed by atoms with Crippen LogP contribution in [0.1, 0.15) is 22.7 Å². The first-order valence-corrected chi connectivity index (χ1v) is 9.67. The number of amides is 1. The molecule has 2 heterocycles. The van der Waals surface area contributed by atoms with Crippen LogP contribution in [0.25, 0.3) is 10.2 Å². The minimum atomic E-state index is -0.267. The lowest BCUT2D eigenvalue weighted by molar-refractivity contribution is 0.0950. The van der Waals surface area contributed by atoms with Gasteiger partial charge in [0.2, 0.25) is 5.76 Å². The maximum atomic E-state index is 13.1. The Hall–Kier alpha value is -2.65. The zero-order valence-corrected chi connectivity index (χ0v) is 17.5. The molecule has 2 aromatic heterocycles. The van der Waals surface area contributed by atoms with Crippen LogP contribution in [-0.4, -0.2) is 62.4 Å². The quantitative estimate of drug-likeness (QED) is 0.570. The van der Waals surface area contributed by atoms with Gasteiger partial charge in [-0.15, -0.1) is 0 Å². The lowest BCUT2D eigenvalue weighted by Crippen LogP contribution is -2.33. The van der Waals surface area contributed by atoms with Crippen molar-refractivity contribution in [2.45, 2.75) is 13.3 Å². The Kier molecular flexibility index (Phi) is 6.15. The third-order valence-electron chi connectivity index (χ3n) is 4.20. The first-order valence-electron chi connectivity index (χ1n) is 8.86. The molecule has 0 bridgehead atoms. The molecule has 0 unspecified atom stereocenters. The van der Waals surface area contributed by atoms with Crippen LogP contribution >= 0.6 is 11.3 Å². The van der Waals surface area contributed by atoms with Crippen molar-refractivity contribution in [2.75, 3.05) is 46.3 Å². The largest absolute Gasteiger partial charge is 0.495 e. The molecule has 150 valence electrons. The van der Waals surface area contributed by atoms with Gasteiger partial charge in [-0.25, -0.2) is 4.98 Å². The summed E-state index contributed by atoms with van der Waals surface area (Å²) in [7, 11) is 7.20. The number of carbonyl (C=O) groups is 1. The fourth-order valence-corrected chi connectivity index (χ4v) is 3.92. The van der Waals surface area contributed by atoms with E-state index in [9.17, 15) is 4.79 Å². The van der Waals surface area contributed by atoms with Crippen molar-refractivity contribution >= 4 is 32.6 Å². The van der Waals surface area contributed by atoms with Gasteiger partial charge >= 0.3 is 0 Å². The van der Waals surface area contributed by atoms with Crippen molar-refractivity contribution in [2.24, 2.45) is 0 Å². The van der Waals surface area contributed by atoms with Gasteiger partial charge < -0.3 is 18.9 Å². The van der Waals surface area contributed by atoms with Crippen molar-refractivity contribution in [3.05, 3.63) is 29.7 Å². The minimum absolute atomic E-state index is 0.195. The first kappa shape index (κ1) is 20.1. The van der Waals surface area contributed by atoms with E-state index in [0.29, 0.717) is 34.4 Å². The number of ether oxygens (including phenoxy) is 2. The molecule has 0 spiro atoms. The number of fused-ring (bicyclic) bond motifs is 1. The zero-order chi connectivity index (χ0) is 20.3. The summed E-state index contributed by atoms with van der Waals surface area (Å²) in [6.45, 7) is 3.13. The Labute approximate surface area is 167 Å². The lowest BCUT2D eigenvalue weighted by Gasteiger charge is -2.19. The number of hydrogen-bond donors (Lipinski definition) is 0. The fourth-order valence-electron chi connectivity index (χ4n) is 2.82. The van der Waals surface area contributed by atoms with Gasteiger partial charge in [-0.2, -0.15) is 0 Å². The SMILES string of the molecule is COc1ccc(OC)c2sc(N(CCCN(C)C)C(=O)c3cc(C)no3)nc12. The summed E-state index contributed by atoms with van der Waals surface area (Å²) in [5, 5.41) is 4.40. The van der Waals surface area contributed by atoms with Crippen LogP contribution < -0.4 is 14.4 Å². The van der Waals surface area contributed by atoms with Crippen LogP contribution in [0, 0.1) is 6.92 Å². The van der Waals surface area contributed by atoms with Gasteiger partial charge in [0.25, 0.3) is 5.91 Å². The molecule has 3 aromatic rings. The number of aromatic nitrogens is 2. The van der Waals surface area contributed by atoms with Gasteiger partial charge in [0.1, 0.15) is 21.7 Å². The molecule has 0 saturated carbocycles. The molecule has 28 heavy (non-hydrogen) atoms. The fraction of sp³-hybridized carbons (Fsp3) is 0.421. The summed E-state index contributed by atoms with van der Waals surface area (Å²) in [5.74, 6) is 1.25. The molecule has 0 saturated heterocycles. The van der Waals surface area contributed by atoms with Crippen LogP contribution in [-0.2, 0) is 0 Å². The summed E-state index contributed by atoms with van der Waals surface area (Å²) in [6, 6.07) is 5.28. The highest BCUT2D eigenvalue weighted by Gasteiger charge is 2.26. The average Bonchev–Trinajstić information content (AvgIpc) is 3.30.